The Morgan fingerprint density at radius 3 is 3.07 bits per heavy atom. The highest BCUT2D eigenvalue weighted by Crippen LogP contribution is 2.29. The summed E-state index contributed by atoms with van der Waals surface area (Å²) in [5.74, 6) is 0.764. The smallest absolute Gasteiger partial charge is 0.119 e. The first-order valence-electron chi connectivity index (χ1n) is 4.58. The Morgan fingerprint density at radius 2 is 2.36 bits per heavy atom. The summed E-state index contributed by atoms with van der Waals surface area (Å²) in [5, 5.41) is 8.93. The van der Waals surface area contributed by atoms with E-state index in [0.717, 1.165) is 17.7 Å². The minimum absolute atomic E-state index is 0.0929. The standard InChI is InChI=1S/C12H11NO/c1-14-11-5-6-12-9(7-11)3-2-4-10(12)8-13/h2,4-7,10H,3H2,1H3. The van der Waals surface area contributed by atoms with Gasteiger partial charge in [-0.1, -0.05) is 18.2 Å². The van der Waals surface area contributed by atoms with Gasteiger partial charge in [0, 0.05) is 0 Å². The van der Waals surface area contributed by atoms with Gasteiger partial charge in [0.05, 0.1) is 19.1 Å². The summed E-state index contributed by atoms with van der Waals surface area (Å²) >= 11 is 0. The average molecular weight is 185 g/mol. The second kappa shape index (κ2) is 3.55. The molecule has 1 aliphatic carbocycles. The molecular formula is C12H11NO. The molecule has 1 atom stereocenters. The van der Waals surface area contributed by atoms with Crippen LogP contribution >= 0.6 is 0 Å². The van der Waals surface area contributed by atoms with Crippen LogP contribution in [0.25, 0.3) is 0 Å². The Hall–Kier alpha value is -1.75. The number of hydrogen-bond acceptors (Lipinski definition) is 2. The minimum Gasteiger partial charge on any atom is -0.497 e. The van der Waals surface area contributed by atoms with E-state index in [4.69, 9.17) is 10.00 Å². The van der Waals surface area contributed by atoms with Crippen molar-refractivity contribution in [1.82, 2.24) is 0 Å². The summed E-state index contributed by atoms with van der Waals surface area (Å²) in [6.45, 7) is 0. The summed E-state index contributed by atoms with van der Waals surface area (Å²) in [6.07, 6.45) is 4.88. The van der Waals surface area contributed by atoms with Crippen LogP contribution in [0, 0.1) is 11.3 Å². The molecule has 0 radical (unpaired) electrons. The summed E-state index contributed by atoms with van der Waals surface area (Å²) in [4.78, 5) is 0. The second-order valence-electron chi connectivity index (χ2n) is 3.30. The normalized spacial score (nSPS) is 18.4. The van der Waals surface area contributed by atoms with E-state index in [1.807, 2.05) is 30.4 Å². The molecule has 0 amide bonds. The van der Waals surface area contributed by atoms with Crippen molar-refractivity contribution in [1.29, 1.82) is 5.26 Å². The number of nitriles is 1. The van der Waals surface area contributed by atoms with Gasteiger partial charge in [0.15, 0.2) is 0 Å². The Labute approximate surface area is 83.4 Å². The van der Waals surface area contributed by atoms with Crippen molar-refractivity contribution in [3.05, 3.63) is 41.5 Å². The fourth-order valence-corrected chi connectivity index (χ4v) is 1.74. The quantitative estimate of drug-likeness (QED) is 0.629. The van der Waals surface area contributed by atoms with Crippen LogP contribution < -0.4 is 4.74 Å². The van der Waals surface area contributed by atoms with Crippen molar-refractivity contribution in [3.8, 4) is 11.8 Å². The summed E-state index contributed by atoms with van der Waals surface area (Å²) in [6, 6.07) is 8.16. The largest absolute Gasteiger partial charge is 0.497 e. The molecule has 2 heteroatoms. The van der Waals surface area contributed by atoms with Gasteiger partial charge in [-0.25, -0.2) is 0 Å². The predicted molar refractivity (Wildman–Crippen MR) is 54.2 cm³/mol. The van der Waals surface area contributed by atoms with Gasteiger partial charge in [-0.2, -0.15) is 5.26 Å². The van der Waals surface area contributed by atoms with E-state index in [9.17, 15) is 0 Å². The first-order chi connectivity index (χ1) is 6.85. The summed E-state index contributed by atoms with van der Waals surface area (Å²) in [5.41, 5.74) is 2.30. The van der Waals surface area contributed by atoms with Crippen LogP contribution in [0.3, 0.4) is 0 Å². The van der Waals surface area contributed by atoms with Crippen molar-refractivity contribution in [2.45, 2.75) is 12.3 Å². The lowest BCUT2D eigenvalue weighted by atomic mass is 9.89. The van der Waals surface area contributed by atoms with E-state index >= 15 is 0 Å². The molecule has 1 aromatic carbocycles. The van der Waals surface area contributed by atoms with E-state index in [-0.39, 0.29) is 5.92 Å². The van der Waals surface area contributed by atoms with Crippen molar-refractivity contribution in [3.63, 3.8) is 0 Å². The van der Waals surface area contributed by atoms with E-state index in [2.05, 4.69) is 6.07 Å². The maximum Gasteiger partial charge on any atom is 0.119 e. The number of ether oxygens (including phenoxy) is 1. The van der Waals surface area contributed by atoms with Gasteiger partial charge < -0.3 is 4.74 Å². The van der Waals surface area contributed by atoms with E-state index in [1.54, 1.807) is 7.11 Å². The fourth-order valence-electron chi connectivity index (χ4n) is 1.74. The van der Waals surface area contributed by atoms with Crippen molar-refractivity contribution in [2.75, 3.05) is 7.11 Å². The van der Waals surface area contributed by atoms with Crippen LogP contribution in [0.1, 0.15) is 17.0 Å². The van der Waals surface area contributed by atoms with Gasteiger partial charge in [0.1, 0.15) is 5.75 Å². The molecule has 0 spiro atoms. The fraction of sp³-hybridized carbons (Fsp3) is 0.250. The first kappa shape index (κ1) is 8.83. The molecule has 0 aromatic heterocycles. The molecule has 0 N–H and O–H groups in total. The predicted octanol–water partition coefficient (Wildman–Crippen LogP) is 2.41. The average Bonchev–Trinajstić information content (AvgIpc) is 2.27. The highest BCUT2D eigenvalue weighted by molar-refractivity contribution is 5.45. The van der Waals surface area contributed by atoms with E-state index in [1.165, 1.54) is 5.56 Å². The van der Waals surface area contributed by atoms with Crippen molar-refractivity contribution < 1.29 is 4.74 Å². The van der Waals surface area contributed by atoms with Crippen molar-refractivity contribution in [2.24, 2.45) is 0 Å². The molecular weight excluding hydrogens is 174 g/mol. The molecule has 1 aromatic rings. The number of nitrogens with zero attached hydrogens (tertiary/aromatic N) is 1. The van der Waals surface area contributed by atoms with Crippen LogP contribution in [0.2, 0.25) is 0 Å². The molecule has 0 bridgehead atoms. The van der Waals surface area contributed by atoms with Crippen LogP contribution in [0.15, 0.2) is 30.4 Å². The Morgan fingerprint density at radius 1 is 1.50 bits per heavy atom. The third kappa shape index (κ3) is 1.38. The molecule has 0 saturated heterocycles. The van der Waals surface area contributed by atoms with Gasteiger partial charge in [0.2, 0.25) is 0 Å². The van der Waals surface area contributed by atoms with Crippen LogP contribution in [-0.4, -0.2) is 7.11 Å². The van der Waals surface area contributed by atoms with Gasteiger partial charge in [-0.05, 0) is 29.7 Å². The van der Waals surface area contributed by atoms with Crippen LogP contribution in [0.5, 0.6) is 5.75 Å². The first-order valence-corrected chi connectivity index (χ1v) is 4.58. The number of methoxy groups -OCH3 is 1. The lowest BCUT2D eigenvalue weighted by Crippen LogP contribution is -2.03. The maximum absolute atomic E-state index is 8.93. The maximum atomic E-state index is 8.93. The molecule has 0 saturated carbocycles. The van der Waals surface area contributed by atoms with Gasteiger partial charge >= 0.3 is 0 Å². The zero-order valence-electron chi connectivity index (χ0n) is 8.03. The second-order valence-corrected chi connectivity index (χ2v) is 3.30. The van der Waals surface area contributed by atoms with Gasteiger partial charge in [-0.3, -0.25) is 0 Å². The molecule has 2 nitrogen and oxygen atoms in total. The lowest BCUT2D eigenvalue weighted by molar-refractivity contribution is 0.414. The molecule has 0 fully saturated rings. The third-order valence-corrected chi connectivity index (χ3v) is 2.49. The minimum atomic E-state index is -0.0929. The van der Waals surface area contributed by atoms with E-state index in [0.29, 0.717) is 0 Å². The number of allylic oxidation sites excluding steroid dienone is 2. The highest BCUT2D eigenvalue weighted by Gasteiger charge is 2.15. The zero-order chi connectivity index (χ0) is 9.97. The Kier molecular flexibility index (Phi) is 2.24. The van der Waals surface area contributed by atoms with E-state index < -0.39 is 0 Å². The monoisotopic (exact) mass is 185 g/mol. The summed E-state index contributed by atoms with van der Waals surface area (Å²) in [7, 11) is 1.65. The van der Waals surface area contributed by atoms with Gasteiger partial charge in [0.25, 0.3) is 0 Å². The molecule has 1 aliphatic rings. The number of benzene rings is 1. The zero-order valence-corrected chi connectivity index (χ0v) is 8.03. The molecule has 70 valence electrons. The van der Waals surface area contributed by atoms with Crippen LogP contribution in [-0.2, 0) is 6.42 Å². The Bertz CT molecular complexity index is 415. The molecule has 2 rings (SSSR count). The lowest BCUT2D eigenvalue weighted by Gasteiger charge is -2.15. The molecule has 1 unspecified atom stereocenters. The third-order valence-electron chi connectivity index (χ3n) is 2.49. The van der Waals surface area contributed by atoms with Gasteiger partial charge in [-0.15, -0.1) is 0 Å². The molecule has 0 heterocycles. The molecule has 0 aliphatic heterocycles. The molecule has 14 heavy (non-hydrogen) atoms. The summed E-state index contributed by atoms with van der Waals surface area (Å²) < 4.78 is 5.14. The SMILES string of the molecule is COc1ccc2c(c1)CC=CC2C#N. The van der Waals surface area contributed by atoms with Crippen LogP contribution in [0.4, 0.5) is 0 Å². The number of hydrogen-bond donors (Lipinski definition) is 0. The Balaban J connectivity index is 2.46. The number of fused-ring (bicyclic) bond motifs is 1. The topological polar surface area (TPSA) is 33.0 Å². The number of rotatable bonds is 1. The highest BCUT2D eigenvalue weighted by atomic mass is 16.5. The van der Waals surface area contributed by atoms with Crippen molar-refractivity contribution >= 4 is 0 Å².